The van der Waals surface area contributed by atoms with E-state index in [-0.39, 0.29) is 11.1 Å². The van der Waals surface area contributed by atoms with Crippen LogP contribution in [-0.4, -0.2) is 34.4 Å². The van der Waals surface area contributed by atoms with Crippen LogP contribution in [0.25, 0.3) is 11.1 Å². The summed E-state index contributed by atoms with van der Waals surface area (Å²) in [5, 5.41) is 15.6. The molecule has 1 aromatic carbocycles. The minimum absolute atomic E-state index is 0.0496. The summed E-state index contributed by atoms with van der Waals surface area (Å²) in [5.74, 6) is -0.470. The Morgan fingerprint density at radius 2 is 2.03 bits per heavy atom. The number of amides is 1. The Hall–Kier alpha value is -3.22. The Kier molecular flexibility index (Phi) is 6.74. The Balaban J connectivity index is 2.01. The van der Waals surface area contributed by atoms with Gasteiger partial charge in [0.1, 0.15) is 11.4 Å². The number of nitrogens with one attached hydrogen (secondary N) is 1. The quantitative estimate of drug-likeness (QED) is 0.720. The van der Waals surface area contributed by atoms with E-state index in [4.69, 9.17) is 10.00 Å². The number of aromatic nitrogens is 2. The van der Waals surface area contributed by atoms with Crippen LogP contribution in [0.4, 0.5) is 18.0 Å². The number of hydrogen-bond donors (Lipinski definition) is 1. The Labute approximate surface area is 166 Å². The average molecular weight is 410 g/mol. The summed E-state index contributed by atoms with van der Waals surface area (Å²) in [6, 6.07) is 5.60. The van der Waals surface area contributed by atoms with Gasteiger partial charge in [-0.05, 0) is 45.4 Å². The molecule has 0 aliphatic carbocycles. The van der Waals surface area contributed by atoms with Gasteiger partial charge in [-0.3, -0.25) is 4.68 Å². The lowest BCUT2D eigenvalue weighted by atomic mass is 10.1. The molecule has 1 heterocycles. The molecule has 0 aliphatic rings. The molecule has 0 atom stereocenters. The molecule has 0 spiro atoms. The van der Waals surface area contributed by atoms with Gasteiger partial charge in [-0.15, -0.1) is 13.2 Å². The van der Waals surface area contributed by atoms with Gasteiger partial charge in [0, 0.05) is 30.4 Å². The highest BCUT2D eigenvalue weighted by Gasteiger charge is 2.32. The molecule has 29 heavy (non-hydrogen) atoms. The molecule has 0 aliphatic heterocycles. The lowest BCUT2D eigenvalue weighted by molar-refractivity contribution is -0.274. The number of alkyl halides is 3. The summed E-state index contributed by atoms with van der Waals surface area (Å²) in [5.41, 5.74) is 0.0417. The van der Waals surface area contributed by atoms with Crippen molar-refractivity contribution in [3.63, 3.8) is 0 Å². The molecule has 0 saturated heterocycles. The van der Waals surface area contributed by atoms with Gasteiger partial charge in [0.05, 0.1) is 17.8 Å². The lowest BCUT2D eigenvalue weighted by Crippen LogP contribution is -2.33. The fourth-order valence-electron chi connectivity index (χ4n) is 2.41. The summed E-state index contributed by atoms with van der Waals surface area (Å²) < 4.78 is 48.8. The van der Waals surface area contributed by atoms with Gasteiger partial charge in [-0.25, -0.2) is 4.79 Å². The van der Waals surface area contributed by atoms with Gasteiger partial charge >= 0.3 is 12.5 Å². The Bertz CT molecular complexity index is 895. The van der Waals surface area contributed by atoms with Crippen LogP contribution < -0.4 is 10.1 Å². The molecule has 0 saturated carbocycles. The van der Waals surface area contributed by atoms with Crippen LogP contribution in [-0.2, 0) is 11.3 Å². The van der Waals surface area contributed by atoms with Gasteiger partial charge in [0.25, 0.3) is 0 Å². The van der Waals surface area contributed by atoms with Crippen molar-refractivity contribution in [1.82, 2.24) is 15.1 Å². The van der Waals surface area contributed by atoms with Gasteiger partial charge in [-0.2, -0.15) is 10.4 Å². The number of hydrogen-bond acceptors (Lipinski definition) is 5. The van der Waals surface area contributed by atoms with E-state index >= 15 is 0 Å². The third-order valence-corrected chi connectivity index (χ3v) is 3.51. The zero-order valence-electron chi connectivity index (χ0n) is 16.2. The first kappa shape index (κ1) is 22.1. The first-order valence-corrected chi connectivity index (χ1v) is 8.76. The van der Waals surface area contributed by atoms with E-state index in [0.717, 1.165) is 6.07 Å². The van der Waals surface area contributed by atoms with Crippen molar-refractivity contribution < 1.29 is 27.4 Å². The number of nitriles is 1. The zero-order chi connectivity index (χ0) is 21.7. The van der Waals surface area contributed by atoms with Crippen molar-refractivity contribution in [2.45, 2.75) is 45.7 Å². The fraction of sp³-hybridized carbons (Fsp3) is 0.421. The van der Waals surface area contributed by atoms with Gasteiger partial charge in [0.2, 0.25) is 0 Å². The van der Waals surface area contributed by atoms with Crippen LogP contribution in [0.2, 0.25) is 0 Å². The number of ether oxygens (including phenoxy) is 2. The second-order valence-electron chi connectivity index (χ2n) is 7.14. The summed E-state index contributed by atoms with van der Waals surface area (Å²) in [6.07, 6.45) is -1.89. The van der Waals surface area contributed by atoms with Crippen molar-refractivity contribution in [2.24, 2.45) is 0 Å². The smallest absolute Gasteiger partial charge is 0.444 e. The van der Waals surface area contributed by atoms with Gasteiger partial charge in [-0.1, -0.05) is 0 Å². The number of nitrogens with zero attached hydrogens (tertiary/aromatic N) is 3. The van der Waals surface area contributed by atoms with E-state index in [9.17, 15) is 18.0 Å². The van der Waals surface area contributed by atoms with E-state index in [1.807, 2.05) is 0 Å². The number of benzene rings is 1. The van der Waals surface area contributed by atoms with Gasteiger partial charge < -0.3 is 14.8 Å². The van der Waals surface area contributed by atoms with Crippen molar-refractivity contribution in [1.29, 1.82) is 5.26 Å². The normalized spacial score (nSPS) is 11.6. The second-order valence-corrected chi connectivity index (χ2v) is 7.14. The first-order valence-electron chi connectivity index (χ1n) is 8.76. The average Bonchev–Trinajstić information content (AvgIpc) is 3.04. The highest BCUT2D eigenvalue weighted by molar-refractivity contribution is 5.70. The molecule has 1 N–H and O–H groups in total. The maximum Gasteiger partial charge on any atom is 0.573 e. The Morgan fingerprint density at radius 1 is 1.31 bits per heavy atom. The fourth-order valence-corrected chi connectivity index (χ4v) is 2.41. The number of rotatable bonds is 6. The van der Waals surface area contributed by atoms with Crippen LogP contribution in [0.5, 0.6) is 5.75 Å². The lowest BCUT2D eigenvalue weighted by Gasteiger charge is -2.19. The topological polar surface area (TPSA) is 89.2 Å². The summed E-state index contributed by atoms with van der Waals surface area (Å²) >= 11 is 0. The molecular weight excluding hydrogens is 389 g/mol. The van der Waals surface area contributed by atoms with Crippen LogP contribution in [0.1, 0.15) is 32.8 Å². The minimum Gasteiger partial charge on any atom is -0.444 e. The third kappa shape index (κ3) is 7.37. The number of carbonyl (C=O) groups excluding carboxylic acids is 1. The molecule has 7 nitrogen and oxygen atoms in total. The second kappa shape index (κ2) is 8.86. The maximum absolute atomic E-state index is 12.7. The van der Waals surface area contributed by atoms with Gasteiger partial charge in [0.15, 0.2) is 0 Å². The highest BCUT2D eigenvalue weighted by atomic mass is 19.4. The third-order valence-electron chi connectivity index (χ3n) is 3.51. The van der Waals surface area contributed by atoms with Crippen LogP contribution >= 0.6 is 0 Å². The van der Waals surface area contributed by atoms with E-state index in [2.05, 4.69) is 15.2 Å². The van der Waals surface area contributed by atoms with Crippen LogP contribution in [0.15, 0.2) is 30.6 Å². The maximum atomic E-state index is 12.7. The number of carbonyl (C=O) groups is 1. The number of aryl methyl sites for hydroxylation is 1. The standard InChI is InChI=1S/C19H21F3N4O3/c1-18(2,3)29-17(27)24-7-4-8-26-12-14(11-25-26)15-6-5-13(10-23)9-16(15)28-19(20,21)22/h5-6,9,11-12H,4,7-8H2,1-3H3,(H,24,27). The molecule has 1 aromatic heterocycles. The SMILES string of the molecule is CC(C)(C)OC(=O)NCCCn1cc(-c2ccc(C#N)cc2OC(F)(F)F)cn1. The zero-order valence-corrected chi connectivity index (χ0v) is 16.2. The number of halogens is 3. The minimum atomic E-state index is -4.88. The molecule has 10 heteroatoms. The van der Waals surface area contributed by atoms with Crippen LogP contribution in [0.3, 0.4) is 0 Å². The predicted octanol–water partition coefficient (Wildman–Crippen LogP) is 4.24. The predicted molar refractivity (Wildman–Crippen MR) is 97.9 cm³/mol. The van der Waals surface area contributed by atoms with E-state index in [0.29, 0.717) is 25.1 Å². The van der Waals surface area contributed by atoms with E-state index < -0.39 is 23.8 Å². The largest absolute Gasteiger partial charge is 0.573 e. The van der Waals surface area contributed by atoms with Crippen molar-refractivity contribution in [2.75, 3.05) is 6.54 Å². The summed E-state index contributed by atoms with van der Waals surface area (Å²) in [4.78, 5) is 11.6. The van der Waals surface area contributed by atoms with Crippen LogP contribution in [0, 0.1) is 11.3 Å². The molecule has 0 bridgehead atoms. The molecule has 2 rings (SSSR count). The molecule has 0 fully saturated rings. The molecule has 156 valence electrons. The Morgan fingerprint density at radius 3 is 2.66 bits per heavy atom. The van der Waals surface area contributed by atoms with Crippen molar-refractivity contribution in [3.8, 4) is 22.9 Å². The molecule has 0 unspecified atom stereocenters. The number of alkyl carbamates (subject to hydrolysis) is 1. The molecular formula is C19H21F3N4O3. The van der Waals surface area contributed by atoms with Crippen molar-refractivity contribution in [3.05, 3.63) is 36.2 Å². The van der Waals surface area contributed by atoms with Crippen molar-refractivity contribution >= 4 is 6.09 Å². The first-order chi connectivity index (χ1) is 13.5. The molecule has 0 radical (unpaired) electrons. The van der Waals surface area contributed by atoms with E-state index in [1.54, 1.807) is 37.7 Å². The van der Waals surface area contributed by atoms with E-state index in [1.165, 1.54) is 18.3 Å². The summed E-state index contributed by atoms with van der Waals surface area (Å²) in [6.45, 7) is 6.07. The highest BCUT2D eigenvalue weighted by Crippen LogP contribution is 2.34. The molecule has 2 aromatic rings. The molecule has 1 amide bonds. The monoisotopic (exact) mass is 410 g/mol. The summed E-state index contributed by atoms with van der Waals surface area (Å²) in [7, 11) is 0.